The molecule has 1 amide bonds. The molecule has 0 bridgehead atoms. The van der Waals surface area contributed by atoms with Crippen LogP contribution >= 0.6 is 0 Å². The van der Waals surface area contributed by atoms with E-state index in [4.69, 9.17) is 4.74 Å². The fraction of sp³-hybridized carbons (Fsp3) is 0.480. The van der Waals surface area contributed by atoms with Crippen LogP contribution in [0, 0.1) is 13.8 Å². The van der Waals surface area contributed by atoms with Gasteiger partial charge in [0, 0.05) is 62.4 Å². The topological polar surface area (TPSA) is 53.6 Å². The second-order valence-corrected chi connectivity index (χ2v) is 8.73. The third-order valence-electron chi connectivity index (χ3n) is 6.50. The lowest BCUT2D eigenvalue weighted by atomic mass is 9.92. The SMILES string of the molecule is Cc1ccc(C(=O)N2CCC(F)(CNCCOc3cccc4c3CCN4)CC2)cc1C. The number of carbonyl (C=O) groups excluding carboxylic acids is 1. The van der Waals surface area contributed by atoms with Crippen LogP contribution < -0.4 is 15.4 Å². The largest absolute Gasteiger partial charge is 0.492 e. The Labute approximate surface area is 184 Å². The van der Waals surface area contributed by atoms with Crippen molar-refractivity contribution in [3.63, 3.8) is 0 Å². The van der Waals surface area contributed by atoms with Gasteiger partial charge in [0.05, 0.1) is 0 Å². The Bertz CT molecular complexity index is 938. The van der Waals surface area contributed by atoms with Crippen LogP contribution in [0.2, 0.25) is 0 Å². The number of alkyl halides is 1. The van der Waals surface area contributed by atoms with Crippen LogP contribution in [0.4, 0.5) is 10.1 Å². The molecule has 1 fully saturated rings. The van der Waals surface area contributed by atoms with Gasteiger partial charge in [-0.1, -0.05) is 12.1 Å². The molecule has 1 saturated heterocycles. The molecule has 2 N–H and O–H groups in total. The number of carbonyl (C=O) groups is 1. The van der Waals surface area contributed by atoms with Crippen molar-refractivity contribution >= 4 is 11.6 Å². The number of aryl methyl sites for hydroxylation is 2. The summed E-state index contributed by atoms with van der Waals surface area (Å²) in [5.74, 6) is 0.911. The van der Waals surface area contributed by atoms with E-state index in [0.29, 0.717) is 44.6 Å². The maximum atomic E-state index is 15.2. The summed E-state index contributed by atoms with van der Waals surface area (Å²) >= 11 is 0. The van der Waals surface area contributed by atoms with Crippen molar-refractivity contribution in [2.45, 2.75) is 38.8 Å². The Hall–Kier alpha value is -2.60. The van der Waals surface area contributed by atoms with Crippen LogP contribution in [0.25, 0.3) is 0 Å². The second kappa shape index (κ2) is 9.27. The maximum absolute atomic E-state index is 15.2. The van der Waals surface area contributed by atoms with Gasteiger partial charge in [0.15, 0.2) is 0 Å². The molecule has 6 heteroatoms. The Kier molecular flexibility index (Phi) is 6.46. The van der Waals surface area contributed by atoms with Crippen LogP contribution in [0.3, 0.4) is 0 Å². The van der Waals surface area contributed by atoms with Crippen LogP contribution in [-0.4, -0.2) is 55.8 Å². The molecule has 2 aromatic carbocycles. The molecule has 0 saturated carbocycles. The first-order chi connectivity index (χ1) is 15.0. The second-order valence-electron chi connectivity index (χ2n) is 8.73. The van der Waals surface area contributed by atoms with E-state index in [0.717, 1.165) is 30.0 Å². The molecule has 0 spiro atoms. The summed E-state index contributed by atoms with van der Waals surface area (Å²) in [7, 11) is 0. The number of nitrogens with one attached hydrogen (secondary N) is 2. The van der Waals surface area contributed by atoms with Gasteiger partial charge < -0.3 is 20.3 Å². The Balaban J connectivity index is 1.20. The molecule has 4 rings (SSSR count). The Morgan fingerprint density at radius 1 is 1.19 bits per heavy atom. The van der Waals surface area contributed by atoms with Gasteiger partial charge >= 0.3 is 0 Å². The number of ether oxygens (including phenoxy) is 1. The zero-order valence-corrected chi connectivity index (χ0v) is 18.5. The fourth-order valence-corrected chi connectivity index (χ4v) is 4.34. The molecule has 0 unspecified atom stereocenters. The number of nitrogens with zero attached hydrogens (tertiary/aromatic N) is 1. The maximum Gasteiger partial charge on any atom is 0.253 e. The number of hydrogen-bond donors (Lipinski definition) is 2. The number of piperidine rings is 1. The van der Waals surface area contributed by atoms with Crippen molar-refractivity contribution in [1.82, 2.24) is 10.2 Å². The number of benzene rings is 2. The van der Waals surface area contributed by atoms with Gasteiger partial charge in [-0.05, 0) is 55.7 Å². The van der Waals surface area contributed by atoms with E-state index < -0.39 is 5.67 Å². The summed E-state index contributed by atoms with van der Waals surface area (Å²) in [6, 6.07) is 11.8. The molecule has 0 aliphatic carbocycles. The smallest absolute Gasteiger partial charge is 0.253 e. The monoisotopic (exact) mass is 425 g/mol. The van der Waals surface area contributed by atoms with Crippen molar-refractivity contribution in [3.05, 3.63) is 58.7 Å². The van der Waals surface area contributed by atoms with Gasteiger partial charge in [0.1, 0.15) is 18.0 Å². The number of rotatable bonds is 7. The average molecular weight is 426 g/mol. The van der Waals surface area contributed by atoms with Gasteiger partial charge in [-0.3, -0.25) is 4.79 Å². The van der Waals surface area contributed by atoms with Crippen LogP contribution in [0.1, 0.15) is 39.9 Å². The van der Waals surface area contributed by atoms with Crippen LogP contribution in [-0.2, 0) is 6.42 Å². The summed E-state index contributed by atoms with van der Waals surface area (Å²) in [6.45, 7) is 7.26. The quantitative estimate of drug-likeness (QED) is 0.661. The van der Waals surface area contributed by atoms with Gasteiger partial charge in [0.25, 0.3) is 5.91 Å². The van der Waals surface area contributed by atoms with Crippen LogP contribution in [0.5, 0.6) is 5.75 Å². The minimum atomic E-state index is -1.28. The van der Waals surface area contributed by atoms with E-state index in [1.165, 1.54) is 11.1 Å². The predicted molar refractivity (Wildman–Crippen MR) is 122 cm³/mol. The number of halogens is 1. The minimum Gasteiger partial charge on any atom is -0.492 e. The number of fused-ring (bicyclic) bond motifs is 1. The standard InChI is InChI=1S/C25H32FN3O2/c1-18-6-7-20(16-19(18)2)24(30)29-13-9-25(26,10-14-29)17-27-12-15-31-23-5-3-4-22-21(23)8-11-28-22/h3-7,16,27-28H,8-15,17H2,1-2H3. The first kappa shape index (κ1) is 21.6. The lowest BCUT2D eigenvalue weighted by molar-refractivity contribution is 0.0433. The van der Waals surface area contributed by atoms with Gasteiger partial charge in [-0.25, -0.2) is 4.39 Å². The summed E-state index contributed by atoms with van der Waals surface area (Å²) < 4.78 is 21.1. The van der Waals surface area contributed by atoms with E-state index in [2.05, 4.69) is 16.7 Å². The fourth-order valence-electron chi connectivity index (χ4n) is 4.34. The molecule has 2 aliphatic heterocycles. The minimum absolute atomic E-state index is 0.00334. The molecule has 0 atom stereocenters. The van der Waals surface area contributed by atoms with Gasteiger partial charge in [0.2, 0.25) is 0 Å². The highest BCUT2D eigenvalue weighted by Gasteiger charge is 2.35. The molecule has 166 valence electrons. The van der Waals surface area contributed by atoms with Crippen molar-refractivity contribution in [1.29, 1.82) is 0 Å². The summed E-state index contributed by atoms with van der Waals surface area (Å²) in [5, 5.41) is 6.55. The van der Waals surface area contributed by atoms with E-state index >= 15 is 4.39 Å². The zero-order chi connectivity index (χ0) is 21.8. The summed E-state index contributed by atoms with van der Waals surface area (Å²) in [4.78, 5) is 14.5. The van der Waals surface area contributed by atoms with Crippen molar-refractivity contribution in [2.75, 3.05) is 44.6 Å². The molecule has 31 heavy (non-hydrogen) atoms. The van der Waals surface area contributed by atoms with Crippen molar-refractivity contribution in [3.8, 4) is 5.75 Å². The van der Waals surface area contributed by atoms with Crippen molar-refractivity contribution in [2.24, 2.45) is 0 Å². The van der Waals surface area contributed by atoms with E-state index in [1.807, 2.05) is 44.2 Å². The predicted octanol–water partition coefficient (Wildman–Crippen LogP) is 3.88. The third kappa shape index (κ3) is 5.01. The molecule has 2 aliphatic rings. The zero-order valence-electron chi connectivity index (χ0n) is 18.5. The first-order valence-electron chi connectivity index (χ1n) is 11.2. The number of hydrogen-bond acceptors (Lipinski definition) is 4. The molecule has 2 aromatic rings. The third-order valence-corrected chi connectivity index (χ3v) is 6.50. The van der Waals surface area contributed by atoms with Crippen LogP contribution in [0.15, 0.2) is 36.4 Å². The normalized spacial score (nSPS) is 17.2. The lowest BCUT2D eigenvalue weighted by Gasteiger charge is -2.36. The molecule has 0 radical (unpaired) electrons. The molecule has 5 nitrogen and oxygen atoms in total. The Morgan fingerprint density at radius 3 is 2.77 bits per heavy atom. The lowest BCUT2D eigenvalue weighted by Crippen LogP contribution is -2.49. The number of amides is 1. The van der Waals surface area contributed by atoms with E-state index in [-0.39, 0.29) is 12.5 Å². The first-order valence-corrected chi connectivity index (χ1v) is 11.2. The Morgan fingerprint density at radius 2 is 2.00 bits per heavy atom. The van der Waals surface area contributed by atoms with Gasteiger partial charge in [-0.15, -0.1) is 0 Å². The van der Waals surface area contributed by atoms with Crippen molar-refractivity contribution < 1.29 is 13.9 Å². The highest BCUT2D eigenvalue weighted by atomic mass is 19.1. The number of likely N-dealkylation sites (tertiary alicyclic amines) is 1. The molecule has 0 aromatic heterocycles. The summed E-state index contributed by atoms with van der Waals surface area (Å²) in [6.07, 6.45) is 1.69. The highest BCUT2D eigenvalue weighted by Crippen LogP contribution is 2.31. The molecular formula is C25H32FN3O2. The van der Waals surface area contributed by atoms with E-state index in [9.17, 15) is 4.79 Å². The average Bonchev–Trinajstić information content (AvgIpc) is 3.25. The highest BCUT2D eigenvalue weighted by molar-refractivity contribution is 5.94. The summed E-state index contributed by atoms with van der Waals surface area (Å²) in [5.41, 5.74) is 4.05. The van der Waals surface area contributed by atoms with Gasteiger partial charge in [-0.2, -0.15) is 0 Å². The molecule has 2 heterocycles. The molecular weight excluding hydrogens is 393 g/mol. The van der Waals surface area contributed by atoms with E-state index in [1.54, 1.807) is 4.90 Å². The number of anilines is 1.